The van der Waals surface area contributed by atoms with E-state index in [1.807, 2.05) is 0 Å². The van der Waals surface area contributed by atoms with Gasteiger partial charge in [-0.25, -0.2) is 4.68 Å². The van der Waals surface area contributed by atoms with E-state index in [-0.39, 0.29) is 17.4 Å². The fourth-order valence-corrected chi connectivity index (χ4v) is 4.23. The molecule has 32 heavy (non-hydrogen) atoms. The third-order valence-corrected chi connectivity index (χ3v) is 5.86. The predicted molar refractivity (Wildman–Crippen MR) is 123 cm³/mol. The molecule has 1 amide bonds. The van der Waals surface area contributed by atoms with E-state index in [1.54, 1.807) is 52.0 Å². The van der Waals surface area contributed by atoms with E-state index in [9.17, 15) is 10.1 Å². The van der Waals surface area contributed by atoms with Gasteiger partial charge in [-0.3, -0.25) is 4.79 Å². The molecule has 10 heteroatoms. The molecule has 4 rings (SSSR count). The minimum Gasteiger partial charge on any atom is -0.456 e. The van der Waals surface area contributed by atoms with Crippen LogP contribution in [-0.4, -0.2) is 33.7 Å². The Labute approximate surface area is 194 Å². The van der Waals surface area contributed by atoms with E-state index < -0.39 is 5.91 Å². The highest BCUT2D eigenvalue weighted by Gasteiger charge is 2.28. The van der Waals surface area contributed by atoms with Crippen molar-refractivity contribution in [3.63, 3.8) is 0 Å². The number of primary amides is 1. The summed E-state index contributed by atoms with van der Waals surface area (Å²) < 4.78 is 7.42. The van der Waals surface area contributed by atoms with E-state index in [0.29, 0.717) is 45.9 Å². The number of benzene rings is 2. The molecule has 0 radical (unpaired) electrons. The summed E-state index contributed by atoms with van der Waals surface area (Å²) in [6.07, 6.45) is 3.79. The van der Waals surface area contributed by atoms with Crippen LogP contribution in [0.4, 0.5) is 5.82 Å². The number of nitriles is 1. The van der Waals surface area contributed by atoms with E-state index >= 15 is 0 Å². The Morgan fingerprint density at radius 3 is 2.62 bits per heavy atom. The van der Waals surface area contributed by atoms with Gasteiger partial charge in [-0.1, -0.05) is 23.2 Å². The van der Waals surface area contributed by atoms with Crippen molar-refractivity contribution in [2.45, 2.75) is 18.9 Å². The molecule has 1 atom stereocenters. The summed E-state index contributed by atoms with van der Waals surface area (Å²) in [6, 6.07) is 11.8. The molecule has 1 saturated heterocycles. The van der Waals surface area contributed by atoms with Crippen molar-refractivity contribution in [1.29, 1.82) is 5.26 Å². The minimum atomic E-state index is -0.662. The molecule has 2 aromatic carbocycles. The van der Waals surface area contributed by atoms with E-state index in [4.69, 9.17) is 39.4 Å². The quantitative estimate of drug-likeness (QED) is 0.530. The lowest BCUT2D eigenvalue weighted by Gasteiger charge is -2.29. The first-order valence-corrected chi connectivity index (χ1v) is 10.7. The zero-order chi connectivity index (χ0) is 22.8. The average molecular weight is 471 g/mol. The number of nitrogens with two attached hydrogens (primary N) is 2. The SMILES string of the molecule is N#CN1CCCC(n2nc(-c3ccc(Oc4ccc(Cl)cc4Cl)cc3)c(C(N)=O)c2N)C1. The molecule has 8 nitrogen and oxygen atoms in total. The van der Waals surface area contributed by atoms with Gasteiger partial charge < -0.3 is 21.1 Å². The summed E-state index contributed by atoms with van der Waals surface area (Å²) in [4.78, 5) is 13.8. The monoisotopic (exact) mass is 470 g/mol. The zero-order valence-electron chi connectivity index (χ0n) is 17.0. The highest BCUT2D eigenvalue weighted by molar-refractivity contribution is 6.35. The number of anilines is 1. The van der Waals surface area contributed by atoms with Crippen molar-refractivity contribution in [1.82, 2.24) is 14.7 Å². The van der Waals surface area contributed by atoms with Crippen LogP contribution in [0.5, 0.6) is 11.5 Å². The van der Waals surface area contributed by atoms with Gasteiger partial charge in [-0.2, -0.15) is 10.4 Å². The van der Waals surface area contributed by atoms with Gasteiger partial charge in [0.2, 0.25) is 0 Å². The third-order valence-electron chi connectivity index (χ3n) is 5.33. The molecule has 1 aliphatic heterocycles. The molecule has 0 aliphatic carbocycles. The average Bonchev–Trinajstić information content (AvgIpc) is 3.13. The molecule has 2 heterocycles. The number of nitrogen functional groups attached to an aromatic ring is 1. The van der Waals surface area contributed by atoms with Crippen molar-refractivity contribution in [2.24, 2.45) is 5.73 Å². The Balaban J connectivity index is 1.64. The van der Waals surface area contributed by atoms with Gasteiger partial charge in [0, 0.05) is 17.1 Å². The topological polar surface area (TPSA) is 123 Å². The second-order valence-electron chi connectivity index (χ2n) is 7.46. The first kappa shape index (κ1) is 21.8. The lowest BCUT2D eigenvalue weighted by atomic mass is 10.1. The Bertz CT molecular complexity index is 1200. The number of hydrogen-bond acceptors (Lipinski definition) is 6. The van der Waals surface area contributed by atoms with E-state index in [1.165, 1.54) is 0 Å². The van der Waals surface area contributed by atoms with Gasteiger partial charge in [0.15, 0.2) is 6.19 Å². The number of halogens is 2. The molecular formula is C22H20Cl2N6O2. The molecule has 0 bridgehead atoms. The van der Waals surface area contributed by atoms with Gasteiger partial charge in [0.25, 0.3) is 5.91 Å². The Morgan fingerprint density at radius 2 is 1.97 bits per heavy atom. The highest BCUT2D eigenvalue weighted by Crippen LogP contribution is 2.35. The fraction of sp³-hybridized carbons (Fsp3) is 0.227. The molecule has 0 saturated carbocycles. The van der Waals surface area contributed by atoms with Gasteiger partial charge in [-0.05, 0) is 55.3 Å². The van der Waals surface area contributed by atoms with E-state index in [0.717, 1.165) is 12.8 Å². The second kappa shape index (κ2) is 8.99. The number of piperidine rings is 1. The number of aromatic nitrogens is 2. The van der Waals surface area contributed by atoms with Crippen LogP contribution in [0.15, 0.2) is 42.5 Å². The van der Waals surface area contributed by atoms with Crippen LogP contribution in [0.1, 0.15) is 29.2 Å². The molecule has 4 N–H and O–H groups in total. The number of hydrogen-bond donors (Lipinski definition) is 2. The predicted octanol–water partition coefficient (Wildman–Crippen LogP) is 4.45. The lowest BCUT2D eigenvalue weighted by molar-refractivity contribution is 0.100. The van der Waals surface area contributed by atoms with Crippen molar-refractivity contribution in [3.05, 3.63) is 58.1 Å². The Morgan fingerprint density at radius 1 is 1.22 bits per heavy atom. The van der Waals surface area contributed by atoms with Crippen molar-refractivity contribution < 1.29 is 9.53 Å². The molecule has 1 aliphatic rings. The smallest absolute Gasteiger partial charge is 0.254 e. The fourth-order valence-electron chi connectivity index (χ4n) is 3.78. The van der Waals surface area contributed by atoms with Gasteiger partial charge in [0.1, 0.15) is 28.6 Å². The Kier molecular flexibility index (Phi) is 6.12. The van der Waals surface area contributed by atoms with Crippen molar-refractivity contribution in [2.75, 3.05) is 18.8 Å². The number of nitrogens with zero attached hydrogens (tertiary/aromatic N) is 4. The van der Waals surface area contributed by atoms with Crippen molar-refractivity contribution >= 4 is 34.9 Å². The molecule has 1 aromatic heterocycles. The molecular weight excluding hydrogens is 451 g/mol. The van der Waals surface area contributed by atoms with Gasteiger partial charge in [-0.15, -0.1) is 0 Å². The summed E-state index contributed by atoms with van der Waals surface area (Å²) in [5, 5.41) is 14.7. The summed E-state index contributed by atoms with van der Waals surface area (Å²) in [5.41, 5.74) is 13.1. The van der Waals surface area contributed by atoms with Crippen LogP contribution in [0.25, 0.3) is 11.3 Å². The Hall–Kier alpha value is -3.41. The normalized spacial score (nSPS) is 15.9. The number of amides is 1. The second-order valence-corrected chi connectivity index (χ2v) is 8.30. The number of ether oxygens (including phenoxy) is 1. The van der Waals surface area contributed by atoms with Gasteiger partial charge >= 0.3 is 0 Å². The number of carbonyl (C=O) groups is 1. The van der Waals surface area contributed by atoms with Crippen molar-refractivity contribution in [3.8, 4) is 28.9 Å². The first-order valence-electron chi connectivity index (χ1n) is 9.93. The molecule has 0 spiro atoms. The van der Waals surface area contributed by atoms with Gasteiger partial charge in [0.05, 0.1) is 17.6 Å². The summed E-state index contributed by atoms with van der Waals surface area (Å²) in [7, 11) is 0. The highest BCUT2D eigenvalue weighted by atomic mass is 35.5. The number of likely N-dealkylation sites (tertiary alicyclic amines) is 1. The minimum absolute atomic E-state index is 0.120. The summed E-state index contributed by atoms with van der Waals surface area (Å²) in [5.74, 6) is 0.549. The largest absolute Gasteiger partial charge is 0.456 e. The maximum absolute atomic E-state index is 12.2. The van der Waals surface area contributed by atoms with Crippen LogP contribution in [-0.2, 0) is 0 Å². The number of carbonyl (C=O) groups excluding carboxylic acids is 1. The summed E-state index contributed by atoms with van der Waals surface area (Å²) in [6.45, 7) is 1.18. The van der Waals surface area contributed by atoms with Crippen LogP contribution in [0.3, 0.4) is 0 Å². The third kappa shape index (κ3) is 4.31. The molecule has 1 fully saturated rings. The molecule has 3 aromatic rings. The lowest BCUT2D eigenvalue weighted by Crippen LogP contribution is -2.34. The standard InChI is InChI=1S/C22H20Cl2N6O2/c23-14-5-8-18(17(24)10-14)32-16-6-3-13(4-7-16)20-19(22(27)31)21(26)30(28-20)15-2-1-9-29(11-15)12-25/h3-8,10,15H,1-2,9,11,26H2,(H2,27,31). The summed E-state index contributed by atoms with van der Waals surface area (Å²) >= 11 is 12.1. The van der Waals surface area contributed by atoms with Crippen LogP contribution in [0, 0.1) is 11.5 Å². The van der Waals surface area contributed by atoms with E-state index in [2.05, 4.69) is 11.3 Å². The zero-order valence-corrected chi connectivity index (χ0v) is 18.5. The maximum Gasteiger partial charge on any atom is 0.254 e. The number of rotatable bonds is 5. The van der Waals surface area contributed by atoms with Crippen LogP contribution in [0.2, 0.25) is 10.0 Å². The maximum atomic E-state index is 12.2. The van der Waals surface area contributed by atoms with Crippen LogP contribution >= 0.6 is 23.2 Å². The molecule has 1 unspecified atom stereocenters. The van der Waals surface area contributed by atoms with Crippen LogP contribution < -0.4 is 16.2 Å². The first-order chi connectivity index (χ1) is 15.4. The molecule has 164 valence electrons.